The monoisotopic (exact) mass is 617 g/mol. The van der Waals surface area contributed by atoms with Crippen molar-refractivity contribution in [2.75, 3.05) is 0 Å². The molecule has 0 unspecified atom stereocenters. The van der Waals surface area contributed by atoms with Crippen LogP contribution in [-0.4, -0.2) is 15.0 Å². The summed E-state index contributed by atoms with van der Waals surface area (Å²) in [6.07, 6.45) is 6.62. The van der Waals surface area contributed by atoms with Crippen LogP contribution in [0.2, 0.25) is 0 Å². The van der Waals surface area contributed by atoms with E-state index < -0.39 is 0 Å². The molecular formula is C43H27N3O2. The van der Waals surface area contributed by atoms with Crippen LogP contribution in [0.1, 0.15) is 17.5 Å². The molecule has 0 N–H and O–H groups in total. The lowest BCUT2D eigenvalue weighted by atomic mass is 9.93. The Morgan fingerprint density at radius 2 is 1.08 bits per heavy atom. The van der Waals surface area contributed by atoms with Gasteiger partial charge in [-0.15, -0.1) is 0 Å². The van der Waals surface area contributed by atoms with Crippen LogP contribution in [0.25, 0.3) is 95.2 Å². The van der Waals surface area contributed by atoms with Crippen LogP contribution in [0.5, 0.6) is 0 Å². The van der Waals surface area contributed by atoms with Gasteiger partial charge < -0.3 is 8.83 Å². The molecule has 0 spiro atoms. The maximum absolute atomic E-state index is 6.52. The van der Waals surface area contributed by atoms with E-state index in [1.54, 1.807) is 0 Å². The molecule has 9 aromatic rings. The van der Waals surface area contributed by atoms with Crippen LogP contribution in [0.15, 0.2) is 142 Å². The number of benzene rings is 6. The normalized spacial score (nSPS) is 12.8. The fourth-order valence-corrected chi connectivity index (χ4v) is 7.10. The molecule has 0 atom stereocenters. The molecule has 10 rings (SSSR count). The molecule has 1 aliphatic carbocycles. The van der Waals surface area contributed by atoms with Crippen LogP contribution in [-0.2, 0) is 6.42 Å². The SMILES string of the molecule is C1=Cc2ccc(-c3ccc4c(c3)oc3cccc(-c5nc(-c6ccccc6)nc(-c6cccc7oc8ccccc8c67)n5)c34)cc2CC1. The van der Waals surface area contributed by atoms with E-state index in [1.807, 2.05) is 72.8 Å². The molecule has 1 aliphatic rings. The summed E-state index contributed by atoms with van der Waals surface area (Å²) in [5.41, 5.74) is 11.0. The smallest absolute Gasteiger partial charge is 0.164 e. The average Bonchev–Trinajstić information content (AvgIpc) is 3.73. The van der Waals surface area contributed by atoms with Gasteiger partial charge in [0.1, 0.15) is 22.3 Å². The van der Waals surface area contributed by atoms with Gasteiger partial charge in [-0.05, 0) is 65.4 Å². The number of fused-ring (bicyclic) bond motifs is 7. The lowest BCUT2D eigenvalue weighted by molar-refractivity contribution is 0.668. The van der Waals surface area contributed by atoms with E-state index in [-0.39, 0.29) is 0 Å². The van der Waals surface area contributed by atoms with Crippen molar-refractivity contribution >= 4 is 50.0 Å². The van der Waals surface area contributed by atoms with Crippen LogP contribution in [0.3, 0.4) is 0 Å². The summed E-state index contributed by atoms with van der Waals surface area (Å²) in [5, 5.41) is 4.02. The van der Waals surface area contributed by atoms with Crippen molar-refractivity contribution < 1.29 is 8.83 Å². The molecule has 0 radical (unpaired) electrons. The molecule has 0 fully saturated rings. The van der Waals surface area contributed by atoms with Crippen LogP contribution < -0.4 is 0 Å². The second-order valence-corrected chi connectivity index (χ2v) is 12.3. The minimum absolute atomic E-state index is 0.587. The largest absolute Gasteiger partial charge is 0.456 e. The fraction of sp³-hybridized carbons (Fsp3) is 0.0465. The van der Waals surface area contributed by atoms with Gasteiger partial charge in [-0.2, -0.15) is 0 Å². The summed E-state index contributed by atoms with van der Waals surface area (Å²) in [4.78, 5) is 15.3. The maximum atomic E-state index is 6.52. The number of furan rings is 2. The van der Waals surface area contributed by atoms with Crippen LogP contribution in [0, 0.1) is 0 Å². The Bertz CT molecular complexity index is 2740. The zero-order valence-electron chi connectivity index (χ0n) is 25.9. The summed E-state index contributed by atoms with van der Waals surface area (Å²) in [6, 6.07) is 43.5. The molecule has 3 aromatic heterocycles. The quantitative estimate of drug-likeness (QED) is 0.197. The molecule has 6 aromatic carbocycles. The number of hydrogen-bond donors (Lipinski definition) is 0. The highest BCUT2D eigenvalue weighted by Gasteiger charge is 2.20. The molecule has 48 heavy (non-hydrogen) atoms. The Balaban J connectivity index is 1.18. The van der Waals surface area contributed by atoms with Crippen molar-refractivity contribution in [1.29, 1.82) is 0 Å². The minimum atomic E-state index is 0.587. The van der Waals surface area contributed by atoms with Gasteiger partial charge in [-0.25, -0.2) is 15.0 Å². The molecule has 5 heteroatoms. The number of aromatic nitrogens is 3. The predicted octanol–water partition coefficient (Wildman–Crippen LogP) is 11.3. The molecule has 0 bridgehead atoms. The highest BCUT2D eigenvalue weighted by atomic mass is 16.3. The van der Waals surface area contributed by atoms with E-state index >= 15 is 0 Å². The minimum Gasteiger partial charge on any atom is -0.456 e. The topological polar surface area (TPSA) is 65.0 Å². The lowest BCUT2D eigenvalue weighted by Gasteiger charge is -2.12. The Morgan fingerprint density at radius 1 is 0.458 bits per heavy atom. The first-order chi connectivity index (χ1) is 23.8. The summed E-state index contributed by atoms with van der Waals surface area (Å²) >= 11 is 0. The van der Waals surface area contributed by atoms with Gasteiger partial charge in [-0.3, -0.25) is 0 Å². The van der Waals surface area contributed by atoms with E-state index in [4.69, 9.17) is 23.8 Å². The van der Waals surface area contributed by atoms with E-state index in [2.05, 4.69) is 66.7 Å². The van der Waals surface area contributed by atoms with E-state index in [1.165, 1.54) is 16.7 Å². The first kappa shape index (κ1) is 26.8. The van der Waals surface area contributed by atoms with Gasteiger partial charge in [0.05, 0.1) is 0 Å². The molecule has 0 aliphatic heterocycles. The summed E-state index contributed by atoms with van der Waals surface area (Å²) in [7, 11) is 0. The van der Waals surface area contributed by atoms with Crippen molar-refractivity contribution in [2.45, 2.75) is 12.8 Å². The maximum Gasteiger partial charge on any atom is 0.164 e. The zero-order valence-corrected chi connectivity index (χ0v) is 25.9. The summed E-state index contributed by atoms with van der Waals surface area (Å²) < 4.78 is 12.7. The third kappa shape index (κ3) is 4.28. The lowest BCUT2D eigenvalue weighted by Crippen LogP contribution is -2.00. The van der Waals surface area contributed by atoms with Crippen molar-refractivity contribution in [3.8, 4) is 45.3 Å². The number of hydrogen-bond acceptors (Lipinski definition) is 5. The number of allylic oxidation sites excluding steroid dienone is 1. The van der Waals surface area contributed by atoms with Crippen molar-refractivity contribution in [3.63, 3.8) is 0 Å². The molecule has 3 heterocycles. The molecule has 0 saturated carbocycles. The van der Waals surface area contributed by atoms with Gasteiger partial charge in [0.15, 0.2) is 17.5 Å². The Labute approximate surface area is 275 Å². The van der Waals surface area contributed by atoms with Crippen LogP contribution >= 0.6 is 0 Å². The number of aryl methyl sites for hydroxylation is 1. The molecule has 226 valence electrons. The Hall–Kier alpha value is -6.33. The van der Waals surface area contributed by atoms with Crippen LogP contribution in [0.4, 0.5) is 0 Å². The van der Waals surface area contributed by atoms with Gasteiger partial charge in [0.25, 0.3) is 0 Å². The summed E-state index contributed by atoms with van der Waals surface area (Å²) in [5.74, 6) is 1.78. The number of para-hydroxylation sites is 1. The van der Waals surface area contributed by atoms with E-state index in [0.29, 0.717) is 17.5 Å². The highest BCUT2D eigenvalue weighted by molar-refractivity contribution is 6.13. The Kier molecular flexibility index (Phi) is 5.93. The second-order valence-electron chi connectivity index (χ2n) is 12.3. The number of rotatable bonds is 4. The predicted molar refractivity (Wildman–Crippen MR) is 193 cm³/mol. The number of nitrogens with zero attached hydrogens (tertiary/aromatic N) is 3. The third-order valence-electron chi connectivity index (χ3n) is 9.40. The average molecular weight is 618 g/mol. The van der Waals surface area contributed by atoms with Gasteiger partial charge in [-0.1, -0.05) is 109 Å². The van der Waals surface area contributed by atoms with E-state index in [0.717, 1.165) is 79.0 Å². The van der Waals surface area contributed by atoms with Crippen molar-refractivity contribution in [1.82, 2.24) is 15.0 Å². The molecule has 5 nitrogen and oxygen atoms in total. The van der Waals surface area contributed by atoms with Gasteiger partial charge >= 0.3 is 0 Å². The molecule has 0 saturated heterocycles. The van der Waals surface area contributed by atoms with Crippen molar-refractivity contribution in [2.24, 2.45) is 0 Å². The third-order valence-corrected chi connectivity index (χ3v) is 9.40. The molecular weight excluding hydrogens is 590 g/mol. The van der Waals surface area contributed by atoms with Crippen molar-refractivity contribution in [3.05, 3.63) is 145 Å². The summed E-state index contributed by atoms with van der Waals surface area (Å²) in [6.45, 7) is 0. The first-order valence-electron chi connectivity index (χ1n) is 16.2. The van der Waals surface area contributed by atoms with E-state index in [9.17, 15) is 0 Å². The standard InChI is InChI=1S/C43H27N3O2/c1-2-11-27(12-3-1)41-44-42(33-15-8-18-36-39(33)31-14-6-7-17-35(31)47-36)46-43(45-41)34-16-9-19-37-40(34)32-23-22-30(25-38(32)48-37)29-21-20-26-10-4-5-13-28(26)24-29/h1-4,6-12,14-25H,5,13H2. The second kappa shape index (κ2) is 10.6. The zero-order chi connectivity index (χ0) is 31.6. The Morgan fingerprint density at radius 3 is 1.88 bits per heavy atom. The fourth-order valence-electron chi connectivity index (χ4n) is 7.10. The first-order valence-corrected chi connectivity index (χ1v) is 16.2. The molecule has 0 amide bonds. The van der Waals surface area contributed by atoms with Gasteiger partial charge in [0, 0.05) is 38.2 Å². The highest BCUT2D eigenvalue weighted by Crippen LogP contribution is 2.40. The van der Waals surface area contributed by atoms with Gasteiger partial charge in [0.2, 0.25) is 0 Å².